The van der Waals surface area contributed by atoms with Gasteiger partial charge in [-0.3, -0.25) is 0 Å². The van der Waals surface area contributed by atoms with E-state index in [0.717, 1.165) is 11.8 Å². The van der Waals surface area contributed by atoms with Crippen LogP contribution in [0.4, 0.5) is 0 Å². The highest BCUT2D eigenvalue weighted by molar-refractivity contribution is 5.20. The molecule has 0 radical (unpaired) electrons. The highest BCUT2D eigenvalue weighted by Crippen LogP contribution is 2.38. The van der Waals surface area contributed by atoms with Crippen LogP contribution in [0.3, 0.4) is 0 Å². The van der Waals surface area contributed by atoms with Crippen LogP contribution < -0.4 is 0 Å². The molecule has 0 saturated heterocycles. The van der Waals surface area contributed by atoms with Gasteiger partial charge in [0.2, 0.25) is 0 Å². The molecule has 0 N–H and O–H groups in total. The van der Waals surface area contributed by atoms with Crippen molar-refractivity contribution in [3.63, 3.8) is 0 Å². The molecule has 1 nitrogen and oxygen atoms in total. The lowest BCUT2D eigenvalue weighted by Crippen LogP contribution is -2.19. The second-order valence-corrected chi connectivity index (χ2v) is 5.05. The number of benzene rings is 1. The van der Waals surface area contributed by atoms with Crippen LogP contribution >= 0.6 is 0 Å². The van der Waals surface area contributed by atoms with E-state index >= 15 is 0 Å². The Labute approximate surface area is 93.1 Å². The largest absolute Gasteiger partial charge is 0.309 e. The molecule has 0 unspecified atom stereocenters. The van der Waals surface area contributed by atoms with E-state index < -0.39 is 0 Å². The van der Waals surface area contributed by atoms with E-state index in [1.54, 1.807) is 5.56 Å². The molecule has 1 heteroatoms. The van der Waals surface area contributed by atoms with Crippen molar-refractivity contribution in [3.8, 4) is 0 Å². The Bertz CT molecular complexity index is 291. The standard InChI is InChI=1S/C14H21N/c1-15(2)11-12-8-9-14(10-12)13-6-4-3-5-7-13/h3-7,12,14H,8-11H2,1-2H3/t12-,14+/m1/s1. The van der Waals surface area contributed by atoms with E-state index in [0.29, 0.717) is 0 Å². The van der Waals surface area contributed by atoms with E-state index in [4.69, 9.17) is 0 Å². The zero-order valence-corrected chi connectivity index (χ0v) is 9.82. The van der Waals surface area contributed by atoms with Crippen molar-refractivity contribution in [1.82, 2.24) is 4.90 Å². The molecule has 82 valence electrons. The van der Waals surface area contributed by atoms with E-state index in [2.05, 4.69) is 49.3 Å². The second kappa shape index (κ2) is 4.80. The molecule has 0 spiro atoms. The van der Waals surface area contributed by atoms with Crippen LogP contribution in [-0.4, -0.2) is 25.5 Å². The van der Waals surface area contributed by atoms with Crippen LogP contribution in [0, 0.1) is 5.92 Å². The van der Waals surface area contributed by atoms with Crippen molar-refractivity contribution >= 4 is 0 Å². The Kier molecular flexibility index (Phi) is 3.42. The fourth-order valence-electron chi connectivity index (χ4n) is 2.79. The summed E-state index contributed by atoms with van der Waals surface area (Å²) in [6, 6.07) is 11.0. The highest BCUT2D eigenvalue weighted by atomic mass is 15.1. The molecular formula is C14H21N. The van der Waals surface area contributed by atoms with E-state index in [1.807, 2.05) is 0 Å². The van der Waals surface area contributed by atoms with Gasteiger partial charge in [-0.25, -0.2) is 0 Å². The van der Waals surface area contributed by atoms with Gasteiger partial charge in [0, 0.05) is 6.54 Å². The van der Waals surface area contributed by atoms with Crippen molar-refractivity contribution in [2.24, 2.45) is 5.92 Å². The maximum atomic E-state index is 2.32. The smallest absolute Gasteiger partial charge is 0.000378 e. The molecule has 0 heterocycles. The third-order valence-electron chi connectivity index (χ3n) is 3.44. The van der Waals surface area contributed by atoms with E-state index in [-0.39, 0.29) is 0 Å². The highest BCUT2D eigenvalue weighted by Gasteiger charge is 2.25. The molecule has 1 fully saturated rings. The maximum absolute atomic E-state index is 2.32. The molecule has 15 heavy (non-hydrogen) atoms. The molecule has 0 aliphatic heterocycles. The molecule has 2 rings (SSSR count). The Balaban J connectivity index is 1.93. The van der Waals surface area contributed by atoms with Gasteiger partial charge < -0.3 is 4.90 Å². The van der Waals surface area contributed by atoms with Gasteiger partial charge in [-0.2, -0.15) is 0 Å². The summed E-state index contributed by atoms with van der Waals surface area (Å²) in [5.74, 6) is 1.72. The van der Waals surface area contributed by atoms with Gasteiger partial charge in [0.25, 0.3) is 0 Å². The first kappa shape index (κ1) is 10.7. The van der Waals surface area contributed by atoms with Gasteiger partial charge in [-0.1, -0.05) is 30.3 Å². The fourth-order valence-corrected chi connectivity index (χ4v) is 2.79. The van der Waals surface area contributed by atoms with E-state index in [9.17, 15) is 0 Å². The lowest BCUT2D eigenvalue weighted by Gasteiger charge is -2.16. The van der Waals surface area contributed by atoms with Crippen molar-refractivity contribution in [3.05, 3.63) is 35.9 Å². The second-order valence-electron chi connectivity index (χ2n) is 5.05. The molecular weight excluding hydrogens is 182 g/mol. The fraction of sp³-hybridized carbons (Fsp3) is 0.571. The number of hydrogen-bond acceptors (Lipinski definition) is 1. The number of rotatable bonds is 3. The molecule has 0 amide bonds. The van der Waals surface area contributed by atoms with Gasteiger partial charge in [0.05, 0.1) is 0 Å². The zero-order valence-electron chi connectivity index (χ0n) is 9.82. The van der Waals surface area contributed by atoms with Crippen LogP contribution in [0.1, 0.15) is 30.7 Å². The predicted octanol–water partition coefficient (Wildman–Crippen LogP) is 3.13. The SMILES string of the molecule is CN(C)C[C@@H]1CC[C@H](c2ccccc2)C1. The van der Waals surface area contributed by atoms with Crippen LogP contribution in [0.2, 0.25) is 0 Å². The Hall–Kier alpha value is -0.820. The van der Waals surface area contributed by atoms with Crippen molar-refractivity contribution in [2.45, 2.75) is 25.2 Å². The van der Waals surface area contributed by atoms with Crippen molar-refractivity contribution in [2.75, 3.05) is 20.6 Å². The number of nitrogens with zero attached hydrogens (tertiary/aromatic N) is 1. The first-order chi connectivity index (χ1) is 7.25. The summed E-state index contributed by atoms with van der Waals surface area (Å²) in [5, 5.41) is 0. The normalized spacial score (nSPS) is 26.1. The van der Waals surface area contributed by atoms with Gasteiger partial charge in [0.15, 0.2) is 0 Å². The lowest BCUT2D eigenvalue weighted by atomic mass is 9.96. The summed E-state index contributed by atoms with van der Waals surface area (Å²) >= 11 is 0. The first-order valence-corrected chi connectivity index (χ1v) is 5.95. The van der Waals surface area contributed by atoms with Gasteiger partial charge in [0.1, 0.15) is 0 Å². The minimum Gasteiger partial charge on any atom is -0.309 e. The third kappa shape index (κ3) is 2.82. The summed E-state index contributed by atoms with van der Waals surface area (Å²) in [5.41, 5.74) is 1.54. The van der Waals surface area contributed by atoms with Crippen molar-refractivity contribution < 1.29 is 0 Å². The van der Waals surface area contributed by atoms with Crippen LogP contribution in [-0.2, 0) is 0 Å². The van der Waals surface area contributed by atoms with Crippen LogP contribution in [0.25, 0.3) is 0 Å². The quantitative estimate of drug-likeness (QED) is 0.729. The number of hydrogen-bond donors (Lipinski definition) is 0. The Morgan fingerprint density at radius 1 is 1.13 bits per heavy atom. The van der Waals surface area contributed by atoms with Crippen molar-refractivity contribution in [1.29, 1.82) is 0 Å². The molecule has 1 aliphatic rings. The Morgan fingerprint density at radius 3 is 2.53 bits per heavy atom. The molecule has 1 aromatic carbocycles. The summed E-state index contributed by atoms with van der Waals surface area (Å²) in [7, 11) is 4.35. The monoisotopic (exact) mass is 203 g/mol. The minimum atomic E-state index is 0.816. The average Bonchev–Trinajstić information content (AvgIpc) is 2.67. The van der Waals surface area contributed by atoms with Gasteiger partial charge in [-0.15, -0.1) is 0 Å². The Morgan fingerprint density at radius 2 is 1.87 bits per heavy atom. The average molecular weight is 203 g/mol. The summed E-state index contributed by atoms with van der Waals surface area (Å²) in [6.07, 6.45) is 4.16. The molecule has 1 aromatic rings. The summed E-state index contributed by atoms with van der Waals surface area (Å²) in [6.45, 7) is 1.25. The molecule has 1 aliphatic carbocycles. The topological polar surface area (TPSA) is 3.24 Å². The van der Waals surface area contributed by atoms with Crippen LogP contribution in [0.5, 0.6) is 0 Å². The zero-order chi connectivity index (χ0) is 10.7. The maximum Gasteiger partial charge on any atom is 0.000378 e. The molecule has 2 atom stereocenters. The molecule has 1 saturated carbocycles. The van der Waals surface area contributed by atoms with Crippen LogP contribution in [0.15, 0.2) is 30.3 Å². The van der Waals surface area contributed by atoms with E-state index in [1.165, 1.54) is 25.8 Å². The molecule has 0 aromatic heterocycles. The minimum absolute atomic E-state index is 0.816. The van der Waals surface area contributed by atoms with Gasteiger partial charge in [-0.05, 0) is 50.8 Å². The predicted molar refractivity (Wildman–Crippen MR) is 65.1 cm³/mol. The lowest BCUT2D eigenvalue weighted by molar-refractivity contribution is 0.326. The first-order valence-electron chi connectivity index (χ1n) is 5.95. The third-order valence-corrected chi connectivity index (χ3v) is 3.44. The summed E-state index contributed by atoms with van der Waals surface area (Å²) < 4.78 is 0. The molecule has 0 bridgehead atoms. The summed E-state index contributed by atoms with van der Waals surface area (Å²) in [4.78, 5) is 2.32. The van der Waals surface area contributed by atoms with Gasteiger partial charge >= 0.3 is 0 Å².